The smallest absolute Gasteiger partial charge is 0.291 e. The molecule has 3 aromatic rings. The lowest BCUT2D eigenvalue weighted by molar-refractivity contribution is -0.121. The van der Waals surface area contributed by atoms with Crippen molar-refractivity contribution in [2.75, 3.05) is 18.5 Å². The van der Waals surface area contributed by atoms with Crippen LogP contribution in [0.4, 0.5) is 5.69 Å². The van der Waals surface area contributed by atoms with Crippen LogP contribution in [0.5, 0.6) is 11.5 Å². The fourth-order valence-corrected chi connectivity index (χ4v) is 3.22. The van der Waals surface area contributed by atoms with E-state index in [4.69, 9.17) is 13.9 Å². The number of rotatable bonds is 7. The van der Waals surface area contributed by atoms with Gasteiger partial charge in [-0.3, -0.25) is 9.59 Å². The van der Waals surface area contributed by atoms with Gasteiger partial charge in [0.2, 0.25) is 5.91 Å². The van der Waals surface area contributed by atoms with Crippen molar-refractivity contribution in [1.29, 1.82) is 0 Å². The number of nitrogens with one attached hydrogen (secondary N) is 2. The second-order valence-electron chi connectivity index (χ2n) is 7.24. The van der Waals surface area contributed by atoms with E-state index in [2.05, 4.69) is 10.6 Å². The van der Waals surface area contributed by atoms with Crippen molar-refractivity contribution in [3.8, 4) is 11.5 Å². The summed E-state index contributed by atoms with van der Waals surface area (Å²) in [7, 11) is 0. The van der Waals surface area contributed by atoms with E-state index in [9.17, 15) is 9.59 Å². The summed E-state index contributed by atoms with van der Waals surface area (Å²) in [5.41, 5.74) is 2.64. The number of furan rings is 1. The quantitative estimate of drug-likeness (QED) is 0.604. The highest BCUT2D eigenvalue weighted by molar-refractivity contribution is 6.02. The van der Waals surface area contributed by atoms with E-state index in [1.165, 1.54) is 6.26 Å². The number of benzene rings is 2. The van der Waals surface area contributed by atoms with Gasteiger partial charge in [-0.15, -0.1) is 0 Å². The standard InChI is InChI=1S/C24H24N2O5/c27-23(11-7-17-6-10-20-22(15-17)31-14-2-13-29-20)25-16-18-4-8-19(9-5-18)26-24(28)21-3-1-12-30-21/h1,3-6,8-10,12,15H,2,7,11,13-14,16H2,(H,25,27)(H,26,28). The predicted octanol–water partition coefficient (Wildman–Crippen LogP) is 3.94. The molecule has 0 saturated heterocycles. The van der Waals surface area contributed by atoms with Crippen LogP contribution < -0.4 is 20.1 Å². The van der Waals surface area contributed by atoms with E-state index in [1.807, 2.05) is 30.3 Å². The van der Waals surface area contributed by atoms with Crippen LogP contribution in [0, 0.1) is 0 Å². The first-order chi connectivity index (χ1) is 15.2. The van der Waals surface area contributed by atoms with Crippen LogP contribution in [0.1, 0.15) is 34.5 Å². The lowest BCUT2D eigenvalue weighted by atomic mass is 10.1. The summed E-state index contributed by atoms with van der Waals surface area (Å²) < 4.78 is 16.4. The van der Waals surface area contributed by atoms with Crippen molar-refractivity contribution < 1.29 is 23.5 Å². The number of fused-ring (bicyclic) bond motifs is 1. The average molecular weight is 420 g/mol. The SMILES string of the molecule is O=C(CCc1ccc2c(c1)OCCCO2)NCc1ccc(NC(=O)c2ccco2)cc1. The maximum absolute atomic E-state index is 12.2. The summed E-state index contributed by atoms with van der Waals surface area (Å²) in [5.74, 6) is 1.43. The molecule has 2 N–H and O–H groups in total. The topological polar surface area (TPSA) is 89.8 Å². The fourth-order valence-electron chi connectivity index (χ4n) is 3.22. The van der Waals surface area contributed by atoms with Crippen molar-refractivity contribution in [3.05, 3.63) is 77.7 Å². The van der Waals surface area contributed by atoms with Gasteiger partial charge in [0.15, 0.2) is 17.3 Å². The number of aryl methyl sites for hydroxylation is 1. The van der Waals surface area contributed by atoms with E-state index in [0.29, 0.717) is 38.3 Å². The molecule has 0 fully saturated rings. The summed E-state index contributed by atoms with van der Waals surface area (Å²) in [6, 6.07) is 16.4. The summed E-state index contributed by atoms with van der Waals surface area (Å²) in [4.78, 5) is 24.2. The van der Waals surface area contributed by atoms with E-state index >= 15 is 0 Å². The Kier molecular flexibility index (Phi) is 6.52. The Morgan fingerprint density at radius 3 is 2.45 bits per heavy atom. The zero-order chi connectivity index (χ0) is 21.5. The van der Waals surface area contributed by atoms with Gasteiger partial charge >= 0.3 is 0 Å². The lowest BCUT2D eigenvalue weighted by Gasteiger charge is -2.10. The van der Waals surface area contributed by atoms with Crippen LogP contribution in [0.2, 0.25) is 0 Å². The van der Waals surface area contributed by atoms with Crippen LogP contribution >= 0.6 is 0 Å². The Labute approximate surface area is 180 Å². The molecule has 7 nitrogen and oxygen atoms in total. The second-order valence-corrected chi connectivity index (χ2v) is 7.24. The molecule has 1 aliphatic rings. The minimum Gasteiger partial charge on any atom is -0.490 e. The molecule has 0 aliphatic carbocycles. The van der Waals surface area contributed by atoms with Crippen LogP contribution in [0.25, 0.3) is 0 Å². The van der Waals surface area contributed by atoms with Gasteiger partial charge in [0.25, 0.3) is 5.91 Å². The zero-order valence-corrected chi connectivity index (χ0v) is 17.1. The molecule has 160 valence electrons. The van der Waals surface area contributed by atoms with E-state index in [1.54, 1.807) is 24.3 Å². The lowest BCUT2D eigenvalue weighted by Crippen LogP contribution is -2.23. The third kappa shape index (κ3) is 5.66. The van der Waals surface area contributed by atoms with Crippen molar-refractivity contribution in [3.63, 3.8) is 0 Å². The van der Waals surface area contributed by atoms with Crippen LogP contribution in [0.3, 0.4) is 0 Å². The van der Waals surface area contributed by atoms with Gasteiger partial charge in [-0.25, -0.2) is 0 Å². The van der Waals surface area contributed by atoms with Gasteiger partial charge in [-0.05, 0) is 53.9 Å². The molecule has 7 heteroatoms. The third-order valence-corrected chi connectivity index (χ3v) is 4.90. The van der Waals surface area contributed by atoms with Gasteiger partial charge in [-0.2, -0.15) is 0 Å². The van der Waals surface area contributed by atoms with Crippen LogP contribution in [-0.4, -0.2) is 25.0 Å². The molecule has 2 aromatic carbocycles. The van der Waals surface area contributed by atoms with Crippen molar-refractivity contribution >= 4 is 17.5 Å². The molecule has 1 aromatic heterocycles. The molecule has 31 heavy (non-hydrogen) atoms. The Morgan fingerprint density at radius 1 is 0.903 bits per heavy atom. The molecular formula is C24H24N2O5. The molecule has 0 bridgehead atoms. The number of ether oxygens (including phenoxy) is 2. The van der Waals surface area contributed by atoms with Gasteiger partial charge in [0.05, 0.1) is 19.5 Å². The summed E-state index contributed by atoms with van der Waals surface area (Å²) in [6.45, 7) is 1.72. The number of carbonyl (C=O) groups excluding carboxylic acids is 2. The number of hydrogen-bond donors (Lipinski definition) is 2. The van der Waals surface area contributed by atoms with Crippen molar-refractivity contribution in [1.82, 2.24) is 5.32 Å². The highest BCUT2D eigenvalue weighted by Gasteiger charge is 2.12. The maximum atomic E-state index is 12.2. The van der Waals surface area contributed by atoms with Gasteiger partial charge < -0.3 is 24.5 Å². The van der Waals surface area contributed by atoms with Gasteiger partial charge in [-0.1, -0.05) is 18.2 Å². The van der Waals surface area contributed by atoms with Gasteiger partial charge in [0, 0.05) is 25.1 Å². The van der Waals surface area contributed by atoms with Crippen LogP contribution in [-0.2, 0) is 17.8 Å². The Morgan fingerprint density at radius 2 is 1.68 bits per heavy atom. The third-order valence-electron chi connectivity index (χ3n) is 4.90. The highest BCUT2D eigenvalue weighted by atomic mass is 16.5. The first kappa shape index (κ1) is 20.5. The predicted molar refractivity (Wildman–Crippen MR) is 115 cm³/mol. The fraction of sp³-hybridized carbons (Fsp3) is 0.250. The summed E-state index contributed by atoms with van der Waals surface area (Å²) >= 11 is 0. The molecular weight excluding hydrogens is 396 g/mol. The number of amides is 2. The molecule has 2 amide bonds. The number of anilines is 1. The van der Waals surface area contributed by atoms with Crippen molar-refractivity contribution in [2.45, 2.75) is 25.8 Å². The normalized spacial score (nSPS) is 12.6. The first-order valence-electron chi connectivity index (χ1n) is 10.3. The van der Waals surface area contributed by atoms with E-state index < -0.39 is 0 Å². The highest BCUT2D eigenvalue weighted by Crippen LogP contribution is 2.30. The largest absolute Gasteiger partial charge is 0.490 e. The van der Waals surface area contributed by atoms with E-state index in [0.717, 1.165) is 29.0 Å². The Bertz CT molecular complexity index is 1030. The average Bonchev–Trinajstić information content (AvgIpc) is 3.23. The molecule has 0 radical (unpaired) electrons. The molecule has 4 rings (SSSR count). The summed E-state index contributed by atoms with van der Waals surface area (Å²) in [5, 5.41) is 5.69. The maximum Gasteiger partial charge on any atom is 0.291 e. The molecule has 2 heterocycles. The number of hydrogen-bond acceptors (Lipinski definition) is 5. The number of carbonyl (C=O) groups is 2. The van der Waals surface area contributed by atoms with Gasteiger partial charge in [0.1, 0.15) is 0 Å². The van der Waals surface area contributed by atoms with Crippen LogP contribution in [0.15, 0.2) is 65.3 Å². The summed E-state index contributed by atoms with van der Waals surface area (Å²) in [6.07, 6.45) is 3.33. The zero-order valence-electron chi connectivity index (χ0n) is 17.1. The molecule has 1 aliphatic heterocycles. The monoisotopic (exact) mass is 420 g/mol. The molecule has 0 unspecified atom stereocenters. The Hall–Kier alpha value is -3.74. The second kappa shape index (κ2) is 9.84. The van der Waals surface area contributed by atoms with Crippen molar-refractivity contribution in [2.24, 2.45) is 0 Å². The minimum absolute atomic E-state index is 0.0256. The van der Waals surface area contributed by atoms with E-state index in [-0.39, 0.29) is 17.6 Å². The minimum atomic E-state index is -0.305. The first-order valence-corrected chi connectivity index (χ1v) is 10.3. The Balaban J connectivity index is 1.22. The molecule has 0 saturated carbocycles. The molecule has 0 spiro atoms. The molecule has 0 atom stereocenters.